The number of anilines is 1. The second-order valence-corrected chi connectivity index (χ2v) is 7.43. The normalized spacial score (nSPS) is 16.0. The van der Waals surface area contributed by atoms with E-state index in [1.165, 1.54) is 18.3 Å². The predicted molar refractivity (Wildman–Crippen MR) is 109 cm³/mol. The molecule has 1 aliphatic rings. The second-order valence-electron chi connectivity index (χ2n) is 7.43. The molecule has 3 aromatic rings. The molecule has 8 heteroatoms. The van der Waals surface area contributed by atoms with Gasteiger partial charge in [0.1, 0.15) is 17.3 Å². The minimum absolute atomic E-state index is 0.208. The average Bonchev–Trinajstić information content (AvgIpc) is 2.75. The van der Waals surface area contributed by atoms with Gasteiger partial charge in [-0.2, -0.15) is 13.2 Å². The van der Waals surface area contributed by atoms with Gasteiger partial charge in [0, 0.05) is 42.8 Å². The van der Waals surface area contributed by atoms with Crippen molar-refractivity contribution < 1.29 is 17.9 Å². The van der Waals surface area contributed by atoms with Gasteiger partial charge in [-0.1, -0.05) is 18.2 Å². The van der Waals surface area contributed by atoms with Crippen LogP contribution in [0.25, 0.3) is 10.9 Å². The molecule has 0 radical (unpaired) electrons. The average molecular weight is 416 g/mol. The first-order valence-corrected chi connectivity index (χ1v) is 9.88. The largest absolute Gasteiger partial charge is 0.496 e. The Kier molecular flexibility index (Phi) is 5.76. The van der Waals surface area contributed by atoms with Crippen LogP contribution in [-0.4, -0.2) is 41.1 Å². The number of piperidine rings is 1. The highest BCUT2D eigenvalue weighted by Crippen LogP contribution is 2.31. The summed E-state index contributed by atoms with van der Waals surface area (Å²) in [5.41, 5.74) is 0.557. The van der Waals surface area contributed by atoms with E-state index in [1.807, 2.05) is 18.2 Å². The summed E-state index contributed by atoms with van der Waals surface area (Å²) in [4.78, 5) is 10.5. The third-order valence-electron chi connectivity index (χ3n) is 5.42. The predicted octanol–water partition coefficient (Wildman–Crippen LogP) is 4.73. The Morgan fingerprint density at radius 3 is 2.60 bits per heavy atom. The van der Waals surface area contributed by atoms with Crippen molar-refractivity contribution >= 4 is 16.7 Å². The molecule has 0 bridgehead atoms. The SMILES string of the molecule is COc1ccccc1CN1CCC(Nc2nccc3nc(C(F)(F)F)ccc23)CC1. The van der Waals surface area contributed by atoms with Crippen molar-refractivity contribution in [3.63, 3.8) is 0 Å². The number of halogens is 3. The molecule has 158 valence electrons. The van der Waals surface area contributed by atoms with Crippen LogP contribution in [0.5, 0.6) is 5.75 Å². The number of pyridine rings is 2. The lowest BCUT2D eigenvalue weighted by molar-refractivity contribution is -0.140. The number of hydrogen-bond donors (Lipinski definition) is 1. The summed E-state index contributed by atoms with van der Waals surface area (Å²) >= 11 is 0. The highest BCUT2D eigenvalue weighted by Gasteiger charge is 2.32. The van der Waals surface area contributed by atoms with Crippen LogP contribution in [-0.2, 0) is 12.7 Å². The zero-order chi connectivity index (χ0) is 21.1. The highest BCUT2D eigenvalue weighted by molar-refractivity contribution is 5.89. The summed E-state index contributed by atoms with van der Waals surface area (Å²) in [6.45, 7) is 2.65. The molecule has 1 aliphatic heterocycles. The molecule has 0 spiro atoms. The number of nitrogens with zero attached hydrogens (tertiary/aromatic N) is 3. The fraction of sp³-hybridized carbons (Fsp3) is 0.364. The summed E-state index contributed by atoms with van der Waals surface area (Å²) in [6.07, 6.45) is -1.13. The van der Waals surface area contributed by atoms with E-state index in [2.05, 4.69) is 26.3 Å². The standard InChI is InChI=1S/C22H23F3N4O/c1-30-19-5-3-2-4-15(19)14-29-12-9-16(10-13-29)27-21-17-6-7-20(22(23,24)25)28-18(17)8-11-26-21/h2-8,11,16H,9-10,12-14H2,1H3,(H,26,27). The summed E-state index contributed by atoms with van der Waals surface area (Å²) in [5.74, 6) is 1.47. The van der Waals surface area contributed by atoms with E-state index in [-0.39, 0.29) is 11.6 Å². The van der Waals surface area contributed by atoms with Gasteiger partial charge in [-0.25, -0.2) is 9.97 Å². The summed E-state index contributed by atoms with van der Waals surface area (Å²) in [7, 11) is 1.68. The van der Waals surface area contributed by atoms with Crippen molar-refractivity contribution in [3.8, 4) is 5.75 Å². The first kappa shape index (κ1) is 20.4. The molecule has 5 nitrogen and oxygen atoms in total. The molecule has 1 saturated heterocycles. The number of nitrogens with one attached hydrogen (secondary N) is 1. The number of methoxy groups -OCH3 is 1. The van der Waals surface area contributed by atoms with Gasteiger partial charge in [-0.3, -0.25) is 4.90 Å². The van der Waals surface area contributed by atoms with E-state index in [0.29, 0.717) is 11.2 Å². The molecule has 0 atom stereocenters. The number of para-hydroxylation sites is 1. The smallest absolute Gasteiger partial charge is 0.433 e. The minimum atomic E-state index is -4.46. The molecule has 0 unspecified atom stereocenters. The van der Waals surface area contributed by atoms with Crippen LogP contribution < -0.4 is 10.1 Å². The van der Waals surface area contributed by atoms with Crippen molar-refractivity contribution in [2.75, 3.05) is 25.5 Å². The molecule has 4 rings (SSSR count). The Morgan fingerprint density at radius 1 is 1.10 bits per heavy atom. The lowest BCUT2D eigenvalue weighted by Gasteiger charge is -2.33. The van der Waals surface area contributed by atoms with Crippen molar-refractivity contribution in [1.82, 2.24) is 14.9 Å². The Labute approximate surface area is 172 Å². The van der Waals surface area contributed by atoms with Gasteiger partial charge in [0.15, 0.2) is 0 Å². The molecule has 2 aromatic heterocycles. The number of hydrogen-bond acceptors (Lipinski definition) is 5. The minimum Gasteiger partial charge on any atom is -0.496 e. The number of rotatable bonds is 5. The molecule has 3 heterocycles. The number of alkyl halides is 3. The molecule has 1 aromatic carbocycles. The van der Waals surface area contributed by atoms with Crippen molar-refractivity contribution in [2.24, 2.45) is 0 Å². The fourth-order valence-corrected chi connectivity index (χ4v) is 3.83. The zero-order valence-corrected chi connectivity index (χ0v) is 16.6. The van der Waals surface area contributed by atoms with Crippen molar-refractivity contribution in [3.05, 3.63) is 59.9 Å². The van der Waals surface area contributed by atoms with E-state index in [4.69, 9.17) is 4.74 Å². The van der Waals surface area contributed by atoms with Crippen LogP contribution in [0.4, 0.5) is 19.0 Å². The maximum Gasteiger partial charge on any atom is 0.433 e. The summed E-state index contributed by atoms with van der Waals surface area (Å²) in [6, 6.07) is 12.2. The molecule has 0 amide bonds. The van der Waals surface area contributed by atoms with Crippen molar-refractivity contribution in [1.29, 1.82) is 0 Å². The molecule has 0 aliphatic carbocycles. The summed E-state index contributed by atoms with van der Waals surface area (Å²) < 4.78 is 44.2. The first-order chi connectivity index (χ1) is 14.4. The number of ether oxygens (including phenoxy) is 1. The Balaban J connectivity index is 1.41. The maximum atomic E-state index is 12.9. The lowest BCUT2D eigenvalue weighted by Crippen LogP contribution is -2.38. The van der Waals surface area contributed by atoms with Gasteiger partial charge in [0.25, 0.3) is 0 Å². The number of aromatic nitrogens is 2. The van der Waals surface area contributed by atoms with Crippen LogP contribution in [0.1, 0.15) is 24.1 Å². The van der Waals surface area contributed by atoms with Gasteiger partial charge in [0.2, 0.25) is 0 Å². The Morgan fingerprint density at radius 2 is 1.87 bits per heavy atom. The van der Waals surface area contributed by atoms with Gasteiger partial charge in [-0.05, 0) is 37.1 Å². The van der Waals surface area contributed by atoms with Crippen LogP contribution in [0.3, 0.4) is 0 Å². The van der Waals surface area contributed by atoms with Crippen LogP contribution in [0, 0.1) is 0 Å². The van der Waals surface area contributed by atoms with Gasteiger partial charge in [0.05, 0.1) is 12.6 Å². The van der Waals surface area contributed by atoms with E-state index in [1.54, 1.807) is 7.11 Å². The summed E-state index contributed by atoms with van der Waals surface area (Å²) in [5, 5.41) is 4.00. The van der Waals surface area contributed by atoms with Crippen LogP contribution in [0.15, 0.2) is 48.7 Å². The molecule has 30 heavy (non-hydrogen) atoms. The van der Waals surface area contributed by atoms with Crippen LogP contribution >= 0.6 is 0 Å². The van der Waals surface area contributed by atoms with Gasteiger partial charge >= 0.3 is 6.18 Å². The van der Waals surface area contributed by atoms with Crippen LogP contribution in [0.2, 0.25) is 0 Å². The topological polar surface area (TPSA) is 50.3 Å². The lowest BCUT2D eigenvalue weighted by atomic mass is 10.0. The van der Waals surface area contributed by atoms with Crippen molar-refractivity contribution in [2.45, 2.75) is 31.6 Å². The van der Waals surface area contributed by atoms with E-state index in [0.717, 1.165) is 49.9 Å². The number of benzene rings is 1. The number of likely N-dealkylation sites (tertiary alicyclic amines) is 1. The Bertz CT molecular complexity index is 1020. The number of fused-ring (bicyclic) bond motifs is 1. The quantitative estimate of drug-likeness (QED) is 0.652. The molecule has 0 saturated carbocycles. The fourth-order valence-electron chi connectivity index (χ4n) is 3.83. The molecule has 1 N–H and O–H groups in total. The Hall–Kier alpha value is -2.87. The van der Waals surface area contributed by atoms with E-state index >= 15 is 0 Å². The third kappa shape index (κ3) is 4.48. The highest BCUT2D eigenvalue weighted by atomic mass is 19.4. The molecular formula is C22H23F3N4O. The first-order valence-electron chi connectivity index (χ1n) is 9.88. The molecular weight excluding hydrogens is 393 g/mol. The maximum absolute atomic E-state index is 12.9. The molecule has 1 fully saturated rings. The second kappa shape index (κ2) is 8.47. The van der Waals surface area contributed by atoms with Gasteiger partial charge in [-0.15, -0.1) is 0 Å². The third-order valence-corrected chi connectivity index (χ3v) is 5.42. The van der Waals surface area contributed by atoms with E-state index in [9.17, 15) is 13.2 Å². The zero-order valence-electron chi connectivity index (χ0n) is 16.6. The monoisotopic (exact) mass is 416 g/mol. The van der Waals surface area contributed by atoms with Gasteiger partial charge < -0.3 is 10.1 Å². The van der Waals surface area contributed by atoms with E-state index < -0.39 is 11.9 Å².